The van der Waals surface area contributed by atoms with Crippen molar-refractivity contribution in [3.8, 4) is 0 Å². The standard InChI is InChI=1S/C22H15NO3/c24-20-12-15(17-9-5-7-14-6-1-2-8-16(14)17)13-22(26-20)18-10-3-4-11-19(18)23-21(22)25/h1-12H,13H2,(H,23,25). The molecule has 0 saturated carbocycles. The molecule has 0 bridgehead atoms. The largest absolute Gasteiger partial charge is 0.440 e. The second-order valence-electron chi connectivity index (χ2n) is 6.62. The Balaban J connectivity index is 1.69. The van der Waals surface area contributed by atoms with Gasteiger partial charge in [-0.05, 0) is 28.0 Å². The van der Waals surface area contributed by atoms with Crippen LogP contribution in [-0.4, -0.2) is 11.9 Å². The molecule has 126 valence electrons. The maximum Gasteiger partial charge on any atom is 0.332 e. The highest BCUT2D eigenvalue weighted by atomic mass is 16.6. The van der Waals surface area contributed by atoms with E-state index in [2.05, 4.69) is 5.32 Å². The lowest BCUT2D eigenvalue weighted by molar-refractivity contribution is -0.162. The Bertz CT molecular complexity index is 1110. The summed E-state index contributed by atoms with van der Waals surface area (Å²) in [5.41, 5.74) is 1.88. The van der Waals surface area contributed by atoms with Gasteiger partial charge >= 0.3 is 5.97 Å². The molecule has 0 fully saturated rings. The third kappa shape index (κ3) is 2.02. The summed E-state index contributed by atoms with van der Waals surface area (Å²) in [6, 6.07) is 21.4. The van der Waals surface area contributed by atoms with Crippen LogP contribution in [0.15, 0.2) is 72.8 Å². The molecule has 2 aliphatic rings. The minimum Gasteiger partial charge on any atom is -0.440 e. The summed E-state index contributed by atoms with van der Waals surface area (Å²) in [6.07, 6.45) is 1.82. The van der Waals surface area contributed by atoms with Crippen LogP contribution >= 0.6 is 0 Å². The number of hydrogen-bond donors (Lipinski definition) is 1. The Morgan fingerprint density at radius 3 is 2.58 bits per heavy atom. The van der Waals surface area contributed by atoms with E-state index in [-0.39, 0.29) is 5.91 Å². The van der Waals surface area contributed by atoms with Gasteiger partial charge in [0.2, 0.25) is 5.60 Å². The summed E-state index contributed by atoms with van der Waals surface area (Å²) in [5, 5.41) is 4.99. The van der Waals surface area contributed by atoms with E-state index in [0.29, 0.717) is 17.7 Å². The predicted octanol–water partition coefficient (Wildman–Crippen LogP) is 4.02. The van der Waals surface area contributed by atoms with Crippen LogP contribution in [0.3, 0.4) is 0 Å². The minimum atomic E-state index is -1.30. The zero-order valence-corrected chi connectivity index (χ0v) is 13.9. The normalized spacial score (nSPS) is 21.3. The summed E-state index contributed by atoms with van der Waals surface area (Å²) < 4.78 is 5.61. The molecule has 4 nitrogen and oxygen atoms in total. The Hall–Kier alpha value is -3.40. The fourth-order valence-corrected chi connectivity index (χ4v) is 3.94. The van der Waals surface area contributed by atoms with Gasteiger partial charge in [0.05, 0.1) is 0 Å². The maximum absolute atomic E-state index is 12.8. The first kappa shape index (κ1) is 14.9. The maximum atomic E-state index is 12.8. The van der Waals surface area contributed by atoms with E-state index in [1.807, 2.05) is 66.7 Å². The summed E-state index contributed by atoms with van der Waals surface area (Å²) in [5.74, 6) is -0.788. The summed E-state index contributed by atoms with van der Waals surface area (Å²) in [7, 11) is 0. The fourth-order valence-electron chi connectivity index (χ4n) is 3.94. The third-order valence-corrected chi connectivity index (χ3v) is 5.12. The lowest BCUT2D eigenvalue weighted by Gasteiger charge is -2.31. The summed E-state index contributed by atoms with van der Waals surface area (Å²) >= 11 is 0. The van der Waals surface area contributed by atoms with Gasteiger partial charge in [-0.1, -0.05) is 60.7 Å². The Morgan fingerprint density at radius 2 is 1.65 bits per heavy atom. The molecule has 1 N–H and O–H groups in total. The van der Waals surface area contributed by atoms with Crippen LogP contribution in [0.4, 0.5) is 5.69 Å². The van der Waals surface area contributed by atoms with Gasteiger partial charge in [0.25, 0.3) is 5.91 Å². The van der Waals surface area contributed by atoms with Gasteiger partial charge in [-0.2, -0.15) is 0 Å². The molecule has 1 spiro atoms. The zero-order chi connectivity index (χ0) is 17.7. The quantitative estimate of drug-likeness (QED) is 0.680. The molecular weight excluding hydrogens is 326 g/mol. The average molecular weight is 341 g/mol. The number of rotatable bonds is 1. The van der Waals surface area contributed by atoms with Gasteiger partial charge in [0.15, 0.2) is 0 Å². The van der Waals surface area contributed by atoms with Crippen molar-refractivity contribution in [1.29, 1.82) is 0 Å². The highest BCUT2D eigenvalue weighted by Gasteiger charge is 2.52. The summed E-state index contributed by atoms with van der Waals surface area (Å²) in [4.78, 5) is 25.2. The molecule has 2 heterocycles. The van der Waals surface area contributed by atoms with E-state index in [9.17, 15) is 9.59 Å². The Labute approximate surface area is 150 Å². The van der Waals surface area contributed by atoms with Gasteiger partial charge < -0.3 is 10.1 Å². The van der Waals surface area contributed by atoms with Crippen LogP contribution in [0.1, 0.15) is 17.5 Å². The Morgan fingerprint density at radius 1 is 0.885 bits per heavy atom. The topological polar surface area (TPSA) is 55.4 Å². The predicted molar refractivity (Wildman–Crippen MR) is 99.4 cm³/mol. The first-order valence-electron chi connectivity index (χ1n) is 8.50. The number of hydrogen-bond acceptors (Lipinski definition) is 3. The molecule has 3 aromatic rings. The van der Waals surface area contributed by atoms with Crippen LogP contribution in [-0.2, 0) is 19.9 Å². The van der Waals surface area contributed by atoms with E-state index < -0.39 is 11.6 Å². The molecule has 2 aliphatic heterocycles. The SMILES string of the molecule is O=C1C=C(c2cccc3ccccc23)CC2(O1)C(=O)Nc1ccccc12. The molecule has 3 aromatic carbocycles. The monoisotopic (exact) mass is 341 g/mol. The van der Waals surface area contributed by atoms with Crippen LogP contribution in [0.25, 0.3) is 16.3 Å². The number of ether oxygens (including phenoxy) is 1. The fraction of sp³-hybridized carbons (Fsp3) is 0.0909. The van der Waals surface area contributed by atoms with Crippen LogP contribution in [0, 0.1) is 0 Å². The molecule has 0 aliphatic carbocycles. The number of para-hydroxylation sites is 1. The molecular formula is C22H15NO3. The van der Waals surface area contributed by atoms with Gasteiger partial charge in [-0.3, -0.25) is 4.79 Å². The molecule has 1 unspecified atom stereocenters. The van der Waals surface area contributed by atoms with E-state index in [0.717, 1.165) is 21.9 Å². The number of carbonyl (C=O) groups excluding carboxylic acids is 2. The van der Waals surface area contributed by atoms with Crippen LogP contribution < -0.4 is 5.32 Å². The molecule has 0 radical (unpaired) electrons. The molecule has 1 atom stereocenters. The van der Waals surface area contributed by atoms with Gasteiger partial charge in [-0.15, -0.1) is 0 Å². The van der Waals surface area contributed by atoms with Gasteiger partial charge in [0.1, 0.15) is 0 Å². The van der Waals surface area contributed by atoms with Gasteiger partial charge in [0, 0.05) is 23.7 Å². The zero-order valence-electron chi connectivity index (χ0n) is 13.9. The molecule has 4 heteroatoms. The van der Waals surface area contributed by atoms with E-state index in [1.165, 1.54) is 6.08 Å². The first-order chi connectivity index (χ1) is 12.7. The second-order valence-corrected chi connectivity index (χ2v) is 6.62. The molecule has 5 rings (SSSR count). The van der Waals surface area contributed by atoms with E-state index in [4.69, 9.17) is 4.74 Å². The third-order valence-electron chi connectivity index (χ3n) is 5.12. The van der Waals surface area contributed by atoms with E-state index in [1.54, 1.807) is 0 Å². The number of amides is 1. The number of fused-ring (bicyclic) bond motifs is 3. The minimum absolute atomic E-state index is 0.294. The van der Waals surface area contributed by atoms with Crippen LogP contribution in [0.2, 0.25) is 0 Å². The molecule has 0 aromatic heterocycles. The molecule has 0 saturated heterocycles. The smallest absolute Gasteiger partial charge is 0.332 e. The average Bonchev–Trinajstić information content (AvgIpc) is 2.92. The van der Waals surface area contributed by atoms with Crippen molar-refractivity contribution < 1.29 is 14.3 Å². The van der Waals surface area contributed by atoms with Crippen molar-refractivity contribution in [2.45, 2.75) is 12.0 Å². The highest BCUT2D eigenvalue weighted by Crippen LogP contribution is 2.47. The number of benzene rings is 3. The van der Waals surface area contributed by atoms with Crippen molar-refractivity contribution in [2.24, 2.45) is 0 Å². The second kappa shape index (κ2) is 5.30. The van der Waals surface area contributed by atoms with Crippen molar-refractivity contribution >= 4 is 33.9 Å². The number of anilines is 1. The number of nitrogens with one attached hydrogen (secondary N) is 1. The van der Waals surface area contributed by atoms with Gasteiger partial charge in [-0.25, -0.2) is 4.79 Å². The van der Waals surface area contributed by atoms with E-state index >= 15 is 0 Å². The van der Waals surface area contributed by atoms with Crippen molar-refractivity contribution in [2.75, 3.05) is 5.32 Å². The van der Waals surface area contributed by atoms with Crippen molar-refractivity contribution in [3.63, 3.8) is 0 Å². The van der Waals surface area contributed by atoms with Crippen molar-refractivity contribution in [1.82, 2.24) is 0 Å². The number of esters is 1. The Kier molecular flexibility index (Phi) is 3.04. The lowest BCUT2D eigenvalue weighted by atomic mass is 9.82. The molecule has 1 amide bonds. The molecule has 26 heavy (non-hydrogen) atoms. The highest BCUT2D eigenvalue weighted by molar-refractivity contribution is 6.10. The van der Waals surface area contributed by atoms with Crippen LogP contribution in [0.5, 0.6) is 0 Å². The van der Waals surface area contributed by atoms with Crippen molar-refractivity contribution in [3.05, 3.63) is 83.9 Å². The first-order valence-corrected chi connectivity index (χ1v) is 8.50. The lowest BCUT2D eigenvalue weighted by Crippen LogP contribution is -2.41. The summed E-state index contributed by atoms with van der Waals surface area (Å²) in [6.45, 7) is 0. The number of carbonyl (C=O) groups is 2.